The van der Waals surface area contributed by atoms with Crippen LogP contribution in [0.15, 0.2) is 54.6 Å². The molecule has 0 saturated carbocycles. The molecule has 0 unspecified atom stereocenters. The number of hydrogen-bond donors (Lipinski definition) is 0. The van der Waals surface area contributed by atoms with E-state index in [4.69, 9.17) is 0 Å². The Hall–Kier alpha value is -2.49. The molecule has 0 aromatic heterocycles. The molecule has 0 N–H and O–H groups in total. The largest absolute Gasteiger partial charge is 0.368 e. The molecular weight excluding hydrogens is 298 g/mol. The summed E-state index contributed by atoms with van der Waals surface area (Å²) >= 11 is 0. The molecular formula is C20H25N3O. The maximum Gasteiger partial charge on any atom is 0.324 e. The topological polar surface area (TPSA) is 26.8 Å². The molecule has 1 fully saturated rings. The van der Waals surface area contributed by atoms with Crippen molar-refractivity contribution >= 4 is 17.4 Å². The van der Waals surface area contributed by atoms with E-state index in [1.54, 1.807) is 0 Å². The van der Waals surface area contributed by atoms with Crippen molar-refractivity contribution < 1.29 is 4.79 Å². The highest BCUT2D eigenvalue weighted by Gasteiger charge is 2.25. The van der Waals surface area contributed by atoms with Crippen molar-refractivity contribution in [2.24, 2.45) is 0 Å². The second kappa shape index (κ2) is 7.39. The zero-order valence-corrected chi connectivity index (χ0v) is 14.5. The predicted molar refractivity (Wildman–Crippen MR) is 99.8 cm³/mol. The van der Waals surface area contributed by atoms with E-state index in [0.29, 0.717) is 6.54 Å². The summed E-state index contributed by atoms with van der Waals surface area (Å²) in [4.78, 5) is 19.1. The fourth-order valence-electron chi connectivity index (χ4n) is 3.19. The lowest BCUT2D eigenvalue weighted by Gasteiger charge is -2.38. The van der Waals surface area contributed by atoms with Gasteiger partial charge in [0.2, 0.25) is 0 Å². The molecule has 2 aromatic rings. The molecule has 0 aliphatic carbocycles. The predicted octanol–water partition coefficient (Wildman–Crippen LogP) is 3.76. The minimum Gasteiger partial charge on any atom is -0.368 e. The fraction of sp³-hybridized carbons (Fsp3) is 0.350. The summed E-state index contributed by atoms with van der Waals surface area (Å²) in [7, 11) is 0. The molecule has 0 bridgehead atoms. The van der Waals surface area contributed by atoms with Gasteiger partial charge >= 0.3 is 6.03 Å². The molecule has 126 valence electrons. The van der Waals surface area contributed by atoms with Crippen molar-refractivity contribution in [2.75, 3.05) is 42.5 Å². The van der Waals surface area contributed by atoms with Gasteiger partial charge < -0.3 is 9.80 Å². The highest BCUT2D eigenvalue weighted by atomic mass is 16.2. The Bertz CT molecular complexity index is 678. The lowest BCUT2D eigenvalue weighted by Crippen LogP contribution is -2.53. The van der Waals surface area contributed by atoms with Crippen LogP contribution in [0.5, 0.6) is 0 Å². The fourth-order valence-corrected chi connectivity index (χ4v) is 3.19. The quantitative estimate of drug-likeness (QED) is 0.860. The summed E-state index contributed by atoms with van der Waals surface area (Å²) in [6.45, 7) is 8.04. The van der Waals surface area contributed by atoms with Crippen LogP contribution in [0.1, 0.15) is 12.5 Å². The van der Waals surface area contributed by atoms with Crippen LogP contribution in [-0.4, -0.2) is 43.7 Å². The Balaban J connectivity index is 1.66. The van der Waals surface area contributed by atoms with E-state index in [1.165, 1.54) is 11.3 Å². The van der Waals surface area contributed by atoms with Gasteiger partial charge in [-0.3, -0.25) is 4.90 Å². The highest BCUT2D eigenvalue weighted by Crippen LogP contribution is 2.20. The van der Waals surface area contributed by atoms with Gasteiger partial charge in [0.15, 0.2) is 0 Å². The van der Waals surface area contributed by atoms with Gasteiger partial charge in [0.1, 0.15) is 0 Å². The molecule has 1 aliphatic heterocycles. The summed E-state index contributed by atoms with van der Waals surface area (Å²) in [5.74, 6) is 0. The Morgan fingerprint density at radius 3 is 2.33 bits per heavy atom. The molecule has 0 atom stereocenters. The number of benzene rings is 2. The summed E-state index contributed by atoms with van der Waals surface area (Å²) in [6.07, 6.45) is 0. The SMILES string of the molecule is CCN(C(=O)N1CCN(c2ccccc2)CC1)c1cccc(C)c1. The molecule has 2 aromatic carbocycles. The van der Waals surface area contributed by atoms with Crippen molar-refractivity contribution in [3.8, 4) is 0 Å². The van der Waals surface area contributed by atoms with E-state index in [1.807, 2.05) is 34.9 Å². The Morgan fingerprint density at radius 1 is 1.00 bits per heavy atom. The van der Waals surface area contributed by atoms with Crippen molar-refractivity contribution in [1.82, 2.24) is 4.90 Å². The number of piperazine rings is 1. The molecule has 4 nitrogen and oxygen atoms in total. The Morgan fingerprint density at radius 2 is 1.71 bits per heavy atom. The van der Waals surface area contributed by atoms with Crippen LogP contribution in [0.4, 0.5) is 16.2 Å². The van der Waals surface area contributed by atoms with Crippen LogP contribution in [0.3, 0.4) is 0 Å². The monoisotopic (exact) mass is 323 g/mol. The first-order valence-electron chi connectivity index (χ1n) is 8.62. The van der Waals surface area contributed by atoms with Gasteiger partial charge in [-0.15, -0.1) is 0 Å². The van der Waals surface area contributed by atoms with Crippen LogP contribution >= 0.6 is 0 Å². The standard InChI is InChI=1S/C20H25N3O/c1-3-23(19-11-7-8-17(2)16-19)20(24)22-14-12-21(13-15-22)18-9-5-4-6-10-18/h4-11,16H,3,12-15H2,1-2H3. The minimum atomic E-state index is 0.107. The van der Waals surface area contributed by atoms with E-state index in [2.05, 4.69) is 48.2 Å². The summed E-state index contributed by atoms with van der Waals surface area (Å²) in [5.41, 5.74) is 3.39. The first-order valence-corrected chi connectivity index (χ1v) is 8.62. The van der Waals surface area contributed by atoms with Gasteiger partial charge in [-0.2, -0.15) is 0 Å². The molecule has 1 heterocycles. The van der Waals surface area contributed by atoms with E-state index >= 15 is 0 Å². The number of carbonyl (C=O) groups is 1. The second-order valence-electron chi connectivity index (χ2n) is 6.18. The number of para-hydroxylation sites is 1. The number of anilines is 2. The number of nitrogens with zero attached hydrogens (tertiary/aromatic N) is 3. The molecule has 2 amide bonds. The van der Waals surface area contributed by atoms with Gasteiger partial charge in [0.05, 0.1) is 0 Å². The molecule has 0 radical (unpaired) electrons. The van der Waals surface area contributed by atoms with Gasteiger partial charge in [-0.25, -0.2) is 4.79 Å². The zero-order chi connectivity index (χ0) is 16.9. The number of rotatable bonds is 3. The first-order chi connectivity index (χ1) is 11.7. The van der Waals surface area contributed by atoms with Crippen LogP contribution < -0.4 is 9.80 Å². The van der Waals surface area contributed by atoms with Crippen LogP contribution in [0.25, 0.3) is 0 Å². The van der Waals surface area contributed by atoms with Gasteiger partial charge in [-0.1, -0.05) is 30.3 Å². The lowest BCUT2D eigenvalue weighted by molar-refractivity contribution is 0.201. The third-order valence-corrected chi connectivity index (χ3v) is 4.53. The minimum absolute atomic E-state index is 0.107. The van der Waals surface area contributed by atoms with Gasteiger partial charge in [0, 0.05) is 44.1 Å². The van der Waals surface area contributed by atoms with E-state index in [0.717, 1.165) is 31.9 Å². The average Bonchev–Trinajstić information content (AvgIpc) is 2.63. The molecule has 24 heavy (non-hydrogen) atoms. The lowest BCUT2D eigenvalue weighted by atomic mass is 10.2. The van der Waals surface area contributed by atoms with Crippen molar-refractivity contribution in [1.29, 1.82) is 0 Å². The van der Waals surface area contributed by atoms with Crippen LogP contribution in [0, 0.1) is 6.92 Å². The second-order valence-corrected chi connectivity index (χ2v) is 6.18. The number of hydrogen-bond acceptors (Lipinski definition) is 2. The summed E-state index contributed by atoms with van der Waals surface area (Å²) in [6, 6.07) is 18.7. The highest BCUT2D eigenvalue weighted by molar-refractivity contribution is 5.92. The summed E-state index contributed by atoms with van der Waals surface area (Å²) < 4.78 is 0. The van der Waals surface area contributed by atoms with E-state index < -0.39 is 0 Å². The molecule has 1 saturated heterocycles. The smallest absolute Gasteiger partial charge is 0.324 e. The van der Waals surface area contributed by atoms with Crippen LogP contribution in [-0.2, 0) is 0 Å². The summed E-state index contributed by atoms with van der Waals surface area (Å²) in [5, 5.41) is 0. The van der Waals surface area contributed by atoms with Gasteiger partial charge in [-0.05, 0) is 43.7 Å². The maximum atomic E-state index is 12.9. The molecule has 4 heteroatoms. The number of urea groups is 1. The van der Waals surface area contributed by atoms with E-state index in [9.17, 15) is 4.79 Å². The average molecular weight is 323 g/mol. The molecule has 0 spiro atoms. The third kappa shape index (κ3) is 3.53. The Kier molecular flexibility index (Phi) is 5.04. The number of aryl methyl sites for hydroxylation is 1. The number of carbonyl (C=O) groups excluding carboxylic acids is 1. The normalized spacial score (nSPS) is 14.6. The van der Waals surface area contributed by atoms with Gasteiger partial charge in [0.25, 0.3) is 0 Å². The third-order valence-electron chi connectivity index (χ3n) is 4.53. The number of amides is 2. The Labute approximate surface area is 144 Å². The molecule has 1 aliphatic rings. The van der Waals surface area contributed by atoms with Crippen molar-refractivity contribution in [3.63, 3.8) is 0 Å². The van der Waals surface area contributed by atoms with Crippen molar-refractivity contribution in [3.05, 3.63) is 60.2 Å². The first kappa shape index (κ1) is 16.4. The molecule has 3 rings (SSSR count). The maximum absolute atomic E-state index is 12.9. The van der Waals surface area contributed by atoms with Crippen molar-refractivity contribution in [2.45, 2.75) is 13.8 Å². The van der Waals surface area contributed by atoms with Crippen LogP contribution in [0.2, 0.25) is 0 Å². The zero-order valence-electron chi connectivity index (χ0n) is 14.5. The van der Waals surface area contributed by atoms with E-state index in [-0.39, 0.29) is 6.03 Å².